The molecule has 132 valence electrons. The zero-order valence-corrected chi connectivity index (χ0v) is 13.2. The monoisotopic (exact) mass is 375 g/mol. The number of rotatable bonds is 4. The minimum atomic E-state index is -4.60. The van der Waals surface area contributed by atoms with Crippen LogP contribution in [0.2, 0.25) is 5.02 Å². The van der Waals surface area contributed by atoms with E-state index >= 15 is 0 Å². The molecule has 0 atom stereocenters. The average Bonchev–Trinajstić information content (AvgIpc) is 2.54. The molecule has 0 N–H and O–H groups in total. The first-order valence-electron chi connectivity index (χ1n) is 6.55. The number of halogens is 4. The van der Waals surface area contributed by atoms with Crippen LogP contribution in [0.4, 0.5) is 18.9 Å². The van der Waals surface area contributed by atoms with E-state index in [0.717, 1.165) is 37.4 Å². The molecule has 0 spiro atoms. The Morgan fingerprint density at radius 1 is 1.20 bits per heavy atom. The van der Waals surface area contributed by atoms with E-state index in [2.05, 4.69) is 4.74 Å². The van der Waals surface area contributed by atoms with Gasteiger partial charge in [0.2, 0.25) is 0 Å². The first kappa shape index (κ1) is 18.5. The second kappa shape index (κ2) is 6.98. The highest BCUT2D eigenvalue weighted by molar-refractivity contribution is 6.32. The number of esters is 1. The number of nitro benzene ring substituents is 1. The van der Waals surface area contributed by atoms with Crippen molar-refractivity contribution in [2.24, 2.45) is 0 Å². The summed E-state index contributed by atoms with van der Waals surface area (Å²) < 4.78 is 48.0. The van der Waals surface area contributed by atoms with Gasteiger partial charge in [0.1, 0.15) is 17.1 Å². The van der Waals surface area contributed by atoms with Crippen molar-refractivity contribution in [2.45, 2.75) is 6.18 Å². The normalized spacial score (nSPS) is 11.1. The molecule has 0 bridgehead atoms. The number of nitrogens with zero attached hydrogens (tertiary/aromatic N) is 1. The smallest absolute Gasteiger partial charge is 0.416 e. The SMILES string of the molecule is COC(=O)c1cc(Oc2cc(C(F)(F)F)ccc2Cl)ccc1[N+](=O)[O-]. The van der Waals surface area contributed by atoms with Gasteiger partial charge in [-0.2, -0.15) is 13.2 Å². The maximum Gasteiger partial charge on any atom is 0.416 e. The van der Waals surface area contributed by atoms with E-state index in [1.165, 1.54) is 0 Å². The number of carbonyl (C=O) groups is 1. The Balaban J connectivity index is 2.44. The summed E-state index contributed by atoms with van der Waals surface area (Å²) >= 11 is 5.82. The number of hydrogen-bond acceptors (Lipinski definition) is 5. The van der Waals surface area contributed by atoms with Gasteiger partial charge in [0.15, 0.2) is 0 Å². The molecule has 10 heteroatoms. The van der Waals surface area contributed by atoms with E-state index in [9.17, 15) is 28.1 Å². The fraction of sp³-hybridized carbons (Fsp3) is 0.133. The van der Waals surface area contributed by atoms with Gasteiger partial charge in [0.25, 0.3) is 5.69 Å². The van der Waals surface area contributed by atoms with Crippen molar-refractivity contribution in [2.75, 3.05) is 7.11 Å². The van der Waals surface area contributed by atoms with Gasteiger partial charge in [-0.05, 0) is 24.3 Å². The Kier molecular flexibility index (Phi) is 5.17. The molecule has 0 aliphatic heterocycles. The molecule has 0 fully saturated rings. The molecule has 0 unspecified atom stereocenters. The number of benzene rings is 2. The molecule has 0 aliphatic carbocycles. The van der Waals surface area contributed by atoms with Gasteiger partial charge in [0.05, 0.1) is 22.6 Å². The molecule has 0 saturated heterocycles. The second-order valence-corrected chi connectivity index (χ2v) is 5.08. The molecule has 2 aromatic carbocycles. The summed E-state index contributed by atoms with van der Waals surface area (Å²) in [6, 6.07) is 5.56. The zero-order chi connectivity index (χ0) is 18.8. The first-order chi connectivity index (χ1) is 11.6. The molecule has 25 heavy (non-hydrogen) atoms. The second-order valence-electron chi connectivity index (χ2n) is 4.67. The highest BCUT2D eigenvalue weighted by Gasteiger charge is 2.31. The largest absolute Gasteiger partial charge is 0.465 e. The van der Waals surface area contributed by atoms with Crippen LogP contribution in [-0.2, 0) is 10.9 Å². The van der Waals surface area contributed by atoms with Crippen LogP contribution >= 0.6 is 11.6 Å². The molecule has 0 radical (unpaired) electrons. The minimum absolute atomic E-state index is 0.106. The van der Waals surface area contributed by atoms with Gasteiger partial charge in [-0.15, -0.1) is 0 Å². The van der Waals surface area contributed by atoms with Gasteiger partial charge in [0, 0.05) is 12.1 Å². The Labute approximate surface area is 143 Å². The topological polar surface area (TPSA) is 78.7 Å². The fourth-order valence-corrected chi connectivity index (χ4v) is 2.05. The Hall–Kier alpha value is -2.81. The summed E-state index contributed by atoms with van der Waals surface area (Å²) in [4.78, 5) is 21.8. The third-order valence-corrected chi connectivity index (χ3v) is 3.37. The standard InChI is InChI=1S/C15H9ClF3NO5/c1-24-14(21)10-7-9(3-5-12(10)20(22)23)25-13-6-8(15(17,18)19)2-4-11(13)16/h2-7H,1H3. The van der Waals surface area contributed by atoms with Crippen molar-refractivity contribution >= 4 is 23.3 Å². The van der Waals surface area contributed by atoms with Crippen LogP contribution in [-0.4, -0.2) is 18.0 Å². The molecule has 0 aliphatic rings. The zero-order valence-electron chi connectivity index (χ0n) is 12.5. The summed E-state index contributed by atoms with van der Waals surface area (Å²) in [6.07, 6.45) is -4.60. The summed E-state index contributed by atoms with van der Waals surface area (Å²) in [5.74, 6) is -1.43. The lowest BCUT2D eigenvalue weighted by molar-refractivity contribution is -0.385. The number of alkyl halides is 3. The van der Waals surface area contributed by atoms with E-state index in [1.54, 1.807) is 0 Å². The lowest BCUT2D eigenvalue weighted by Crippen LogP contribution is -2.06. The van der Waals surface area contributed by atoms with Crippen molar-refractivity contribution < 1.29 is 32.4 Å². The lowest BCUT2D eigenvalue weighted by atomic mass is 10.1. The highest BCUT2D eigenvalue weighted by Crippen LogP contribution is 2.37. The molecule has 2 aromatic rings. The van der Waals surface area contributed by atoms with E-state index in [1.807, 2.05) is 0 Å². The summed E-state index contributed by atoms with van der Waals surface area (Å²) in [7, 11) is 1.03. The summed E-state index contributed by atoms with van der Waals surface area (Å²) in [6.45, 7) is 0. The van der Waals surface area contributed by atoms with Crippen molar-refractivity contribution in [1.82, 2.24) is 0 Å². The first-order valence-corrected chi connectivity index (χ1v) is 6.92. The molecular formula is C15H9ClF3NO5. The third kappa shape index (κ3) is 4.18. The van der Waals surface area contributed by atoms with Crippen LogP contribution in [0, 0.1) is 10.1 Å². The number of ether oxygens (including phenoxy) is 2. The third-order valence-electron chi connectivity index (χ3n) is 3.06. The number of nitro groups is 1. The Morgan fingerprint density at radius 3 is 2.44 bits per heavy atom. The van der Waals surface area contributed by atoms with Crippen molar-refractivity contribution in [3.05, 3.63) is 62.7 Å². The van der Waals surface area contributed by atoms with Crippen LogP contribution in [0.3, 0.4) is 0 Å². The van der Waals surface area contributed by atoms with Gasteiger partial charge in [-0.3, -0.25) is 10.1 Å². The van der Waals surface area contributed by atoms with Gasteiger partial charge in [-0.25, -0.2) is 4.79 Å². The quantitative estimate of drug-likeness (QED) is 0.434. The predicted octanol–water partition coefficient (Wildman–Crippen LogP) is 4.85. The van der Waals surface area contributed by atoms with E-state index < -0.39 is 33.9 Å². The van der Waals surface area contributed by atoms with E-state index in [-0.39, 0.29) is 16.5 Å². The Morgan fingerprint density at radius 2 is 1.88 bits per heavy atom. The maximum atomic E-state index is 12.8. The van der Waals surface area contributed by atoms with Gasteiger partial charge >= 0.3 is 12.1 Å². The summed E-state index contributed by atoms with van der Waals surface area (Å²) in [5, 5.41) is 10.8. The fourth-order valence-electron chi connectivity index (χ4n) is 1.90. The molecule has 0 saturated carbocycles. The summed E-state index contributed by atoms with van der Waals surface area (Å²) in [5.41, 5.74) is -1.93. The van der Waals surface area contributed by atoms with Crippen LogP contribution < -0.4 is 4.74 Å². The predicted molar refractivity (Wildman–Crippen MR) is 81.0 cm³/mol. The number of methoxy groups -OCH3 is 1. The van der Waals surface area contributed by atoms with Crippen molar-refractivity contribution in [3.8, 4) is 11.5 Å². The van der Waals surface area contributed by atoms with Gasteiger partial charge < -0.3 is 9.47 Å². The molecule has 0 amide bonds. The molecule has 6 nitrogen and oxygen atoms in total. The molecule has 2 rings (SSSR count). The van der Waals surface area contributed by atoms with Crippen molar-refractivity contribution in [1.29, 1.82) is 0 Å². The average molecular weight is 376 g/mol. The van der Waals surface area contributed by atoms with E-state index in [0.29, 0.717) is 6.07 Å². The lowest BCUT2D eigenvalue weighted by Gasteiger charge is -2.12. The van der Waals surface area contributed by atoms with Crippen molar-refractivity contribution in [3.63, 3.8) is 0 Å². The Bertz CT molecular complexity index is 838. The van der Waals surface area contributed by atoms with Crippen LogP contribution in [0.5, 0.6) is 11.5 Å². The number of carbonyl (C=O) groups excluding carboxylic acids is 1. The molecular weight excluding hydrogens is 367 g/mol. The molecule has 0 heterocycles. The highest BCUT2D eigenvalue weighted by atomic mass is 35.5. The minimum Gasteiger partial charge on any atom is -0.465 e. The van der Waals surface area contributed by atoms with Gasteiger partial charge in [-0.1, -0.05) is 11.6 Å². The number of hydrogen-bond donors (Lipinski definition) is 0. The van der Waals surface area contributed by atoms with Crippen LogP contribution in [0.15, 0.2) is 36.4 Å². The van der Waals surface area contributed by atoms with Crippen LogP contribution in [0.1, 0.15) is 15.9 Å². The van der Waals surface area contributed by atoms with Crippen LogP contribution in [0.25, 0.3) is 0 Å². The van der Waals surface area contributed by atoms with E-state index in [4.69, 9.17) is 16.3 Å². The molecule has 0 aromatic heterocycles. The maximum absolute atomic E-state index is 12.8.